The lowest BCUT2D eigenvalue weighted by Gasteiger charge is -2.33. The number of hydrogen-bond acceptors (Lipinski definition) is 5. The van der Waals surface area contributed by atoms with E-state index in [2.05, 4.69) is 25.0 Å². The largest absolute Gasteiger partial charge is 0.419 e. The third-order valence-electron chi connectivity index (χ3n) is 5.22. The maximum atomic E-state index is 13.4. The number of anilines is 1. The van der Waals surface area contributed by atoms with Gasteiger partial charge in [0.15, 0.2) is 0 Å². The molecule has 1 N–H and O–H groups in total. The van der Waals surface area contributed by atoms with Gasteiger partial charge in [0.1, 0.15) is 6.04 Å². The fraction of sp³-hybridized carbons (Fsp3) is 0.263. The molecule has 7 nitrogen and oxygen atoms in total. The minimum Gasteiger partial charge on any atom is -0.348 e. The molecule has 1 aliphatic rings. The van der Waals surface area contributed by atoms with Crippen molar-refractivity contribution in [1.82, 2.24) is 29.5 Å². The summed E-state index contributed by atoms with van der Waals surface area (Å²) >= 11 is 0. The highest BCUT2D eigenvalue weighted by Gasteiger charge is 2.36. The Morgan fingerprint density at radius 1 is 1.13 bits per heavy atom. The summed E-state index contributed by atoms with van der Waals surface area (Å²) in [6, 6.07) is 3.68. The SMILES string of the molecule is FC(F)c1cccn2nc(C3c4nc[nH]c4CCN3c3ncc(C(F)(F)F)cn3)cc12. The van der Waals surface area contributed by atoms with Crippen LogP contribution in [0.1, 0.15) is 40.7 Å². The average molecular weight is 435 g/mol. The fourth-order valence-electron chi connectivity index (χ4n) is 3.78. The predicted octanol–water partition coefficient (Wildman–Crippen LogP) is 3.96. The van der Waals surface area contributed by atoms with Gasteiger partial charge in [-0.3, -0.25) is 0 Å². The Labute approximate surface area is 171 Å². The topological polar surface area (TPSA) is 75.0 Å². The van der Waals surface area contributed by atoms with Gasteiger partial charge in [0.25, 0.3) is 6.43 Å². The molecule has 0 bridgehead atoms. The van der Waals surface area contributed by atoms with Crippen LogP contribution in [0, 0.1) is 0 Å². The standard InChI is InChI=1S/C19H14F5N7/c20-17(21)11-2-1-4-31-14(11)6-13(29-31)16-15-12(27-9-28-15)3-5-30(16)18-25-7-10(8-26-18)19(22,23)24/h1-2,4,6-9,16-17H,3,5H2,(H,27,28). The summed E-state index contributed by atoms with van der Waals surface area (Å²) in [6.07, 6.45) is -2.20. The minimum absolute atomic E-state index is 0.0674. The summed E-state index contributed by atoms with van der Waals surface area (Å²) in [5.41, 5.74) is 0.945. The number of nitrogens with one attached hydrogen (secondary N) is 1. The van der Waals surface area contributed by atoms with Crippen LogP contribution in [0.5, 0.6) is 0 Å². The Bertz CT molecular complexity index is 1230. The molecule has 5 heterocycles. The lowest BCUT2D eigenvalue weighted by molar-refractivity contribution is -0.138. The molecule has 160 valence electrons. The summed E-state index contributed by atoms with van der Waals surface area (Å²) < 4.78 is 66.9. The molecule has 12 heteroatoms. The van der Waals surface area contributed by atoms with Crippen molar-refractivity contribution in [2.75, 3.05) is 11.4 Å². The molecule has 31 heavy (non-hydrogen) atoms. The van der Waals surface area contributed by atoms with E-state index in [0.29, 0.717) is 24.4 Å². The number of imidazole rings is 1. The normalized spacial score (nSPS) is 16.8. The minimum atomic E-state index is -4.55. The number of pyridine rings is 1. The second kappa shape index (κ2) is 7.00. The van der Waals surface area contributed by atoms with Crippen molar-refractivity contribution in [2.45, 2.75) is 25.1 Å². The van der Waals surface area contributed by atoms with Crippen LogP contribution in [0.2, 0.25) is 0 Å². The van der Waals surface area contributed by atoms with E-state index in [9.17, 15) is 22.0 Å². The number of fused-ring (bicyclic) bond motifs is 2. The molecule has 1 unspecified atom stereocenters. The molecular formula is C19H14F5N7. The monoisotopic (exact) mass is 435 g/mol. The maximum absolute atomic E-state index is 13.4. The van der Waals surface area contributed by atoms with E-state index in [0.717, 1.165) is 18.1 Å². The molecule has 4 aromatic rings. The molecule has 0 amide bonds. The van der Waals surface area contributed by atoms with Crippen molar-refractivity contribution >= 4 is 11.5 Å². The lowest BCUT2D eigenvalue weighted by atomic mass is 10.00. The molecule has 0 aromatic carbocycles. The first kappa shape index (κ1) is 19.4. The Kier molecular flexibility index (Phi) is 4.38. The number of nitrogens with zero attached hydrogens (tertiary/aromatic N) is 6. The number of H-pyrrole nitrogens is 1. The Morgan fingerprint density at radius 3 is 2.61 bits per heavy atom. The summed E-state index contributed by atoms with van der Waals surface area (Å²) in [4.78, 5) is 16.9. The van der Waals surface area contributed by atoms with Gasteiger partial charge in [-0.05, 0) is 18.2 Å². The van der Waals surface area contributed by atoms with Gasteiger partial charge in [0.05, 0.1) is 28.8 Å². The van der Waals surface area contributed by atoms with Crippen LogP contribution in [0.4, 0.5) is 27.9 Å². The third kappa shape index (κ3) is 3.27. The zero-order chi connectivity index (χ0) is 21.8. The van der Waals surface area contributed by atoms with Crippen LogP contribution < -0.4 is 4.90 Å². The molecule has 0 spiro atoms. The van der Waals surface area contributed by atoms with Crippen molar-refractivity contribution < 1.29 is 22.0 Å². The Hall–Kier alpha value is -3.57. The molecule has 1 aliphatic heterocycles. The molecular weight excluding hydrogens is 421 g/mol. The van der Waals surface area contributed by atoms with E-state index in [4.69, 9.17) is 0 Å². The second-order valence-electron chi connectivity index (χ2n) is 7.04. The molecule has 4 aromatic heterocycles. The number of halogens is 5. The number of aromatic amines is 1. The predicted molar refractivity (Wildman–Crippen MR) is 98.7 cm³/mol. The fourth-order valence-corrected chi connectivity index (χ4v) is 3.78. The van der Waals surface area contributed by atoms with Crippen molar-refractivity contribution in [3.63, 3.8) is 0 Å². The Balaban J connectivity index is 1.62. The number of hydrogen-bond donors (Lipinski definition) is 1. The van der Waals surface area contributed by atoms with Crippen molar-refractivity contribution in [1.29, 1.82) is 0 Å². The van der Waals surface area contributed by atoms with Gasteiger partial charge in [-0.25, -0.2) is 28.2 Å². The van der Waals surface area contributed by atoms with Gasteiger partial charge in [-0.2, -0.15) is 18.3 Å². The first-order valence-corrected chi connectivity index (χ1v) is 9.27. The van der Waals surface area contributed by atoms with Crippen LogP contribution in [-0.4, -0.2) is 36.1 Å². The molecule has 0 radical (unpaired) electrons. The van der Waals surface area contributed by atoms with Crippen molar-refractivity contribution in [2.24, 2.45) is 0 Å². The van der Waals surface area contributed by atoms with Gasteiger partial charge >= 0.3 is 6.18 Å². The van der Waals surface area contributed by atoms with Crippen molar-refractivity contribution in [3.8, 4) is 0 Å². The molecule has 0 fully saturated rings. The first-order valence-electron chi connectivity index (χ1n) is 9.27. The smallest absolute Gasteiger partial charge is 0.348 e. The van der Waals surface area contributed by atoms with E-state index >= 15 is 0 Å². The van der Waals surface area contributed by atoms with E-state index in [1.165, 1.54) is 29.0 Å². The second-order valence-corrected chi connectivity index (χ2v) is 7.04. The summed E-state index contributed by atoms with van der Waals surface area (Å²) in [5, 5.41) is 4.44. The van der Waals surface area contributed by atoms with E-state index in [1.54, 1.807) is 11.1 Å². The summed E-state index contributed by atoms with van der Waals surface area (Å²) in [7, 11) is 0. The third-order valence-corrected chi connectivity index (χ3v) is 5.22. The molecule has 1 atom stereocenters. The molecule has 5 rings (SSSR count). The van der Waals surface area contributed by atoms with Gasteiger partial charge in [0.2, 0.25) is 5.95 Å². The molecule has 0 aliphatic carbocycles. The van der Waals surface area contributed by atoms with Gasteiger partial charge in [-0.15, -0.1) is 0 Å². The van der Waals surface area contributed by atoms with Crippen LogP contribution in [0.25, 0.3) is 5.52 Å². The van der Waals surface area contributed by atoms with Gasteiger partial charge in [0, 0.05) is 42.8 Å². The van der Waals surface area contributed by atoms with Gasteiger partial charge in [-0.1, -0.05) is 0 Å². The lowest BCUT2D eigenvalue weighted by Crippen LogP contribution is -2.37. The number of alkyl halides is 5. The average Bonchev–Trinajstić information content (AvgIpc) is 3.38. The molecule has 0 saturated heterocycles. The van der Waals surface area contributed by atoms with Crippen molar-refractivity contribution in [3.05, 3.63) is 71.3 Å². The zero-order valence-corrected chi connectivity index (χ0v) is 15.7. The first-order chi connectivity index (χ1) is 14.8. The number of aromatic nitrogens is 6. The van der Waals surface area contributed by atoms with Gasteiger partial charge < -0.3 is 9.88 Å². The van der Waals surface area contributed by atoms with Crippen LogP contribution in [-0.2, 0) is 12.6 Å². The highest BCUT2D eigenvalue weighted by atomic mass is 19.4. The maximum Gasteiger partial charge on any atom is 0.419 e. The zero-order valence-electron chi connectivity index (χ0n) is 15.7. The summed E-state index contributed by atoms with van der Waals surface area (Å²) in [6.45, 7) is 0.376. The van der Waals surface area contributed by atoms with Crippen LogP contribution in [0.3, 0.4) is 0 Å². The van der Waals surface area contributed by atoms with E-state index < -0.39 is 24.2 Å². The van der Waals surface area contributed by atoms with Crippen LogP contribution >= 0.6 is 0 Å². The highest BCUT2D eigenvalue weighted by molar-refractivity contribution is 5.58. The quantitative estimate of drug-likeness (QED) is 0.493. The number of rotatable bonds is 3. The van der Waals surface area contributed by atoms with E-state index in [1.807, 2.05) is 0 Å². The van der Waals surface area contributed by atoms with Crippen LogP contribution in [0.15, 0.2) is 43.1 Å². The van der Waals surface area contributed by atoms with E-state index in [-0.39, 0.29) is 17.0 Å². The Morgan fingerprint density at radius 2 is 1.90 bits per heavy atom. The summed E-state index contributed by atoms with van der Waals surface area (Å²) in [5.74, 6) is 0.0674. The molecule has 0 saturated carbocycles. The highest BCUT2D eigenvalue weighted by Crippen LogP contribution is 2.37.